The molecule has 2 fully saturated rings. The van der Waals surface area contributed by atoms with E-state index in [2.05, 4.69) is 16.0 Å². The van der Waals surface area contributed by atoms with Crippen LogP contribution < -0.4 is 16.0 Å². The third-order valence-electron chi connectivity index (χ3n) is 5.06. The molecular weight excluding hydrogens is 312 g/mol. The standard InChI is InChI=1S/C16H28N4O4/c21-13(18-8-2-14(22)23)1-7-19-15(24)20-11-5-16(6-12-20)3-9-17-10-4-16/h17H,1-12H2,(H,18,21)(H,19,24)(H,22,23). The summed E-state index contributed by atoms with van der Waals surface area (Å²) in [5.74, 6) is -1.19. The Morgan fingerprint density at radius 1 is 0.958 bits per heavy atom. The van der Waals surface area contributed by atoms with Crippen molar-refractivity contribution < 1.29 is 19.5 Å². The lowest BCUT2D eigenvalue weighted by atomic mass is 9.72. The molecule has 2 saturated heterocycles. The summed E-state index contributed by atoms with van der Waals surface area (Å²) in [6.07, 6.45) is 4.56. The molecule has 2 heterocycles. The van der Waals surface area contributed by atoms with E-state index in [-0.39, 0.29) is 37.9 Å². The Morgan fingerprint density at radius 3 is 2.21 bits per heavy atom. The molecule has 8 heteroatoms. The summed E-state index contributed by atoms with van der Waals surface area (Å²) in [5.41, 5.74) is 0.409. The lowest BCUT2D eigenvalue weighted by molar-refractivity contribution is -0.136. The van der Waals surface area contributed by atoms with Gasteiger partial charge in [-0.1, -0.05) is 0 Å². The van der Waals surface area contributed by atoms with Crippen LogP contribution in [0.15, 0.2) is 0 Å². The molecule has 0 unspecified atom stereocenters. The maximum atomic E-state index is 12.1. The highest BCUT2D eigenvalue weighted by molar-refractivity contribution is 5.78. The number of rotatable bonds is 6. The van der Waals surface area contributed by atoms with Gasteiger partial charge in [0.1, 0.15) is 0 Å². The number of carbonyl (C=O) groups excluding carboxylic acids is 2. The highest BCUT2D eigenvalue weighted by Crippen LogP contribution is 2.39. The third kappa shape index (κ3) is 5.67. The molecule has 8 nitrogen and oxygen atoms in total. The first-order chi connectivity index (χ1) is 11.5. The van der Waals surface area contributed by atoms with Crippen molar-refractivity contribution >= 4 is 17.9 Å². The highest BCUT2D eigenvalue weighted by atomic mass is 16.4. The molecule has 0 aromatic rings. The van der Waals surface area contributed by atoms with Crippen LogP contribution in [-0.4, -0.2) is 67.2 Å². The van der Waals surface area contributed by atoms with Gasteiger partial charge in [-0.05, 0) is 44.2 Å². The van der Waals surface area contributed by atoms with Gasteiger partial charge in [0.2, 0.25) is 5.91 Å². The number of carboxylic acids is 1. The van der Waals surface area contributed by atoms with Crippen LogP contribution in [0.1, 0.15) is 38.5 Å². The van der Waals surface area contributed by atoms with Crippen LogP contribution in [0.4, 0.5) is 4.79 Å². The number of carbonyl (C=O) groups is 3. The second-order valence-electron chi connectivity index (χ2n) is 6.71. The zero-order valence-corrected chi connectivity index (χ0v) is 14.1. The van der Waals surface area contributed by atoms with Crippen LogP contribution in [0, 0.1) is 5.41 Å². The number of hydrogen-bond donors (Lipinski definition) is 4. The highest BCUT2D eigenvalue weighted by Gasteiger charge is 2.36. The smallest absolute Gasteiger partial charge is 0.317 e. The van der Waals surface area contributed by atoms with Crippen LogP contribution in [0.3, 0.4) is 0 Å². The van der Waals surface area contributed by atoms with Crippen molar-refractivity contribution in [1.82, 2.24) is 20.9 Å². The van der Waals surface area contributed by atoms with Crippen LogP contribution in [-0.2, 0) is 9.59 Å². The minimum atomic E-state index is -0.944. The molecule has 3 amide bonds. The molecule has 0 aromatic carbocycles. The summed E-state index contributed by atoms with van der Waals surface area (Å²) in [4.78, 5) is 35.8. The van der Waals surface area contributed by atoms with Gasteiger partial charge in [-0.2, -0.15) is 0 Å². The number of amides is 3. The average molecular weight is 340 g/mol. The van der Waals surface area contributed by atoms with Crippen LogP contribution in [0.25, 0.3) is 0 Å². The van der Waals surface area contributed by atoms with Gasteiger partial charge in [-0.15, -0.1) is 0 Å². The molecule has 0 aliphatic carbocycles. The number of urea groups is 1. The van der Waals surface area contributed by atoms with Gasteiger partial charge < -0.3 is 26.0 Å². The number of nitrogens with one attached hydrogen (secondary N) is 3. The Hall–Kier alpha value is -1.83. The maximum Gasteiger partial charge on any atom is 0.317 e. The Balaban J connectivity index is 1.60. The Bertz CT molecular complexity index is 453. The van der Waals surface area contributed by atoms with E-state index in [4.69, 9.17) is 5.11 Å². The first kappa shape index (κ1) is 18.5. The number of carboxylic acid groups (broad SMARTS) is 1. The fraction of sp³-hybridized carbons (Fsp3) is 0.812. The zero-order valence-electron chi connectivity index (χ0n) is 14.1. The normalized spacial score (nSPS) is 19.8. The van der Waals surface area contributed by atoms with Gasteiger partial charge >= 0.3 is 12.0 Å². The van der Waals surface area contributed by atoms with E-state index in [0.717, 1.165) is 39.0 Å². The predicted octanol–water partition coefficient (Wildman–Crippen LogP) is 0.143. The molecule has 1 spiro atoms. The van der Waals surface area contributed by atoms with Gasteiger partial charge in [-0.25, -0.2) is 4.79 Å². The zero-order chi connectivity index (χ0) is 17.4. The number of likely N-dealkylation sites (tertiary alicyclic amines) is 1. The quantitative estimate of drug-likeness (QED) is 0.550. The van der Waals surface area contributed by atoms with Gasteiger partial charge in [-0.3, -0.25) is 9.59 Å². The van der Waals surface area contributed by atoms with Gasteiger partial charge in [0.25, 0.3) is 0 Å². The molecule has 136 valence electrons. The van der Waals surface area contributed by atoms with E-state index in [9.17, 15) is 14.4 Å². The van der Waals surface area contributed by atoms with Crippen LogP contribution >= 0.6 is 0 Å². The lowest BCUT2D eigenvalue weighted by Gasteiger charge is -2.44. The third-order valence-corrected chi connectivity index (χ3v) is 5.06. The Kier molecular flexibility index (Phi) is 6.84. The second kappa shape index (κ2) is 8.86. The first-order valence-corrected chi connectivity index (χ1v) is 8.73. The lowest BCUT2D eigenvalue weighted by Crippen LogP contribution is -2.50. The molecule has 0 radical (unpaired) electrons. The number of aliphatic carboxylic acids is 1. The van der Waals surface area contributed by atoms with E-state index < -0.39 is 5.97 Å². The van der Waals surface area contributed by atoms with E-state index in [1.807, 2.05) is 4.90 Å². The van der Waals surface area contributed by atoms with E-state index in [0.29, 0.717) is 5.41 Å². The predicted molar refractivity (Wildman–Crippen MR) is 88.6 cm³/mol. The Labute approximate surface area is 142 Å². The molecular formula is C16H28N4O4. The van der Waals surface area contributed by atoms with Crippen molar-refractivity contribution in [1.29, 1.82) is 0 Å². The molecule has 0 bridgehead atoms. The van der Waals surface area contributed by atoms with Crippen molar-refractivity contribution in [3.05, 3.63) is 0 Å². The second-order valence-corrected chi connectivity index (χ2v) is 6.71. The van der Waals surface area contributed by atoms with Gasteiger partial charge in [0.15, 0.2) is 0 Å². The largest absolute Gasteiger partial charge is 0.481 e. The van der Waals surface area contributed by atoms with Crippen LogP contribution in [0.2, 0.25) is 0 Å². The summed E-state index contributed by atoms with van der Waals surface area (Å²) in [5, 5.41) is 17.2. The fourth-order valence-electron chi connectivity index (χ4n) is 3.43. The van der Waals surface area contributed by atoms with Crippen LogP contribution in [0.5, 0.6) is 0 Å². The molecule has 24 heavy (non-hydrogen) atoms. The number of piperidine rings is 2. The van der Waals surface area contributed by atoms with Crippen molar-refractivity contribution in [3.63, 3.8) is 0 Å². The topological polar surface area (TPSA) is 111 Å². The van der Waals surface area contributed by atoms with E-state index in [1.54, 1.807) is 0 Å². The molecule has 0 saturated carbocycles. The number of hydrogen-bond acceptors (Lipinski definition) is 4. The average Bonchev–Trinajstić information content (AvgIpc) is 2.56. The van der Waals surface area contributed by atoms with Crippen molar-refractivity contribution in [2.45, 2.75) is 38.5 Å². The molecule has 4 N–H and O–H groups in total. The van der Waals surface area contributed by atoms with Gasteiger partial charge in [0, 0.05) is 32.6 Å². The molecule has 0 atom stereocenters. The van der Waals surface area contributed by atoms with Crippen molar-refractivity contribution in [3.8, 4) is 0 Å². The SMILES string of the molecule is O=C(O)CCNC(=O)CCNC(=O)N1CCC2(CCNCC2)CC1. The fourth-order valence-corrected chi connectivity index (χ4v) is 3.43. The Morgan fingerprint density at radius 2 is 1.58 bits per heavy atom. The number of nitrogens with zero attached hydrogens (tertiary/aromatic N) is 1. The summed E-state index contributed by atoms with van der Waals surface area (Å²) in [6, 6.07) is -0.114. The minimum absolute atomic E-state index is 0.0941. The monoisotopic (exact) mass is 340 g/mol. The summed E-state index contributed by atoms with van der Waals surface area (Å²) in [7, 11) is 0. The molecule has 2 rings (SSSR count). The summed E-state index contributed by atoms with van der Waals surface area (Å²) in [6.45, 7) is 4.08. The molecule has 2 aliphatic rings. The van der Waals surface area contributed by atoms with Gasteiger partial charge in [0.05, 0.1) is 6.42 Å². The summed E-state index contributed by atoms with van der Waals surface area (Å²) < 4.78 is 0. The molecule has 2 aliphatic heterocycles. The maximum absolute atomic E-state index is 12.1. The summed E-state index contributed by atoms with van der Waals surface area (Å²) >= 11 is 0. The molecule has 0 aromatic heterocycles. The minimum Gasteiger partial charge on any atom is -0.481 e. The van der Waals surface area contributed by atoms with Crippen molar-refractivity contribution in [2.75, 3.05) is 39.3 Å². The van der Waals surface area contributed by atoms with E-state index in [1.165, 1.54) is 12.8 Å². The van der Waals surface area contributed by atoms with E-state index >= 15 is 0 Å². The van der Waals surface area contributed by atoms with Crippen molar-refractivity contribution in [2.24, 2.45) is 5.41 Å². The first-order valence-electron chi connectivity index (χ1n) is 8.73.